The van der Waals surface area contributed by atoms with Crippen LogP contribution in [0.15, 0.2) is 66.7 Å². The van der Waals surface area contributed by atoms with E-state index in [1.54, 1.807) is 6.07 Å². The van der Waals surface area contributed by atoms with Gasteiger partial charge in [0.05, 0.1) is 6.42 Å². The van der Waals surface area contributed by atoms with Crippen molar-refractivity contribution in [1.29, 1.82) is 0 Å². The van der Waals surface area contributed by atoms with Crippen molar-refractivity contribution in [3.63, 3.8) is 0 Å². The summed E-state index contributed by atoms with van der Waals surface area (Å²) >= 11 is 6.18. The fourth-order valence-corrected chi connectivity index (χ4v) is 5.53. The molecule has 2 atom stereocenters. The third kappa shape index (κ3) is 6.43. The van der Waals surface area contributed by atoms with Gasteiger partial charge in [0.15, 0.2) is 0 Å². The number of likely N-dealkylation sites (N-methyl/N-ethyl adjacent to an activating group) is 1. The van der Waals surface area contributed by atoms with Crippen LogP contribution in [-0.2, 0) is 16.0 Å². The molecule has 2 saturated heterocycles. The van der Waals surface area contributed by atoms with E-state index in [-0.39, 0.29) is 23.8 Å². The van der Waals surface area contributed by atoms with Crippen LogP contribution in [0, 0.1) is 5.92 Å². The first-order chi connectivity index (χ1) is 17.9. The van der Waals surface area contributed by atoms with Crippen LogP contribution in [0.1, 0.15) is 18.4 Å². The van der Waals surface area contributed by atoms with Gasteiger partial charge >= 0.3 is 0 Å². The number of halogens is 1. The molecule has 0 aromatic heterocycles. The second kappa shape index (κ2) is 11.5. The molecule has 0 spiro atoms. The number of carbonyl (C=O) groups is 2. The minimum Gasteiger partial charge on any atom is -0.490 e. The highest BCUT2D eigenvalue weighted by Gasteiger charge is 2.35. The molecule has 0 saturated carbocycles. The van der Waals surface area contributed by atoms with E-state index < -0.39 is 0 Å². The molecule has 2 aliphatic heterocycles. The molecule has 0 aliphatic carbocycles. The van der Waals surface area contributed by atoms with Crippen LogP contribution in [0.3, 0.4) is 0 Å². The van der Waals surface area contributed by atoms with E-state index in [4.69, 9.17) is 16.3 Å². The van der Waals surface area contributed by atoms with Crippen molar-refractivity contribution in [2.24, 2.45) is 5.92 Å². The van der Waals surface area contributed by atoms with Gasteiger partial charge in [0, 0.05) is 63.1 Å². The lowest BCUT2D eigenvalue weighted by Gasteiger charge is -2.40. The molecule has 3 aromatic rings. The summed E-state index contributed by atoms with van der Waals surface area (Å²) in [5.74, 6) is 0.848. The predicted molar refractivity (Wildman–Crippen MR) is 147 cm³/mol. The number of piperidine rings is 1. The van der Waals surface area contributed by atoms with Crippen LogP contribution >= 0.6 is 11.6 Å². The highest BCUT2D eigenvalue weighted by molar-refractivity contribution is 6.30. The van der Waals surface area contributed by atoms with Crippen LogP contribution in [-0.4, -0.2) is 78.9 Å². The average Bonchev–Trinajstić information content (AvgIpc) is 2.90. The third-order valence-electron chi connectivity index (χ3n) is 7.56. The second-order valence-corrected chi connectivity index (χ2v) is 10.7. The van der Waals surface area contributed by atoms with E-state index in [0.29, 0.717) is 43.1 Å². The molecule has 2 amide bonds. The van der Waals surface area contributed by atoms with Crippen molar-refractivity contribution < 1.29 is 14.3 Å². The summed E-state index contributed by atoms with van der Waals surface area (Å²) in [5, 5.41) is 2.92. The van der Waals surface area contributed by atoms with Gasteiger partial charge in [-0.2, -0.15) is 0 Å². The van der Waals surface area contributed by atoms with E-state index >= 15 is 0 Å². The summed E-state index contributed by atoms with van der Waals surface area (Å²) in [6.07, 6.45) is 1.24. The van der Waals surface area contributed by atoms with Crippen LogP contribution < -0.4 is 4.74 Å². The standard InChI is InChI=1S/C30H34ClN3O3/c1-32-13-15-33(16-14-32)30(36)19-25-21-34(12-11-28(25)37-27-8-4-7-26(31)20-27)29(35)18-22-9-10-23-5-2-3-6-24(23)17-22/h2-10,17,20,25,28H,11-16,18-19,21H2,1H3/t25-,28-/m0/s1. The number of nitrogens with zero attached hydrogens (tertiary/aromatic N) is 3. The van der Waals surface area contributed by atoms with E-state index in [1.807, 2.05) is 46.2 Å². The first-order valence-electron chi connectivity index (χ1n) is 13.1. The number of hydrogen-bond acceptors (Lipinski definition) is 4. The summed E-state index contributed by atoms with van der Waals surface area (Å²) in [6.45, 7) is 4.37. The van der Waals surface area contributed by atoms with Crippen LogP contribution in [0.2, 0.25) is 5.02 Å². The summed E-state index contributed by atoms with van der Waals surface area (Å²) < 4.78 is 6.35. The molecule has 37 heavy (non-hydrogen) atoms. The zero-order valence-electron chi connectivity index (χ0n) is 21.3. The largest absolute Gasteiger partial charge is 0.490 e. The quantitative estimate of drug-likeness (QED) is 0.481. The lowest BCUT2D eigenvalue weighted by molar-refractivity contribution is -0.139. The van der Waals surface area contributed by atoms with Crippen molar-refractivity contribution in [3.05, 3.63) is 77.3 Å². The maximum absolute atomic E-state index is 13.3. The summed E-state index contributed by atoms with van der Waals surface area (Å²) in [7, 11) is 2.08. The molecule has 0 N–H and O–H groups in total. The number of hydrogen-bond donors (Lipinski definition) is 0. The summed E-state index contributed by atoms with van der Waals surface area (Å²) in [6, 6.07) is 21.8. The molecule has 194 valence electrons. The number of likely N-dealkylation sites (tertiary alicyclic amines) is 1. The molecule has 2 heterocycles. The Labute approximate surface area is 223 Å². The number of benzene rings is 3. The Kier molecular flexibility index (Phi) is 7.96. The molecule has 0 radical (unpaired) electrons. The van der Waals surface area contributed by atoms with E-state index in [9.17, 15) is 9.59 Å². The van der Waals surface area contributed by atoms with Gasteiger partial charge < -0.3 is 19.4 Å². The highest BCUT2D eigenvalue weighted by Crippen LogP contribution is 2.28. The van der Waals surface area contributed by atoms with Gasteiger partial charge in [-0.05, 0) is 41.6 Å². The maximum atomic E-state index is 13.3. The highest BCUT2D eigenvalue weighted by atomic mass is 35.5. The van der Waals surface area contributed by atoms with Crippen LogP contribution in [0.5, 0.6) is 5.75 Å². The number of carbonyl (C=O) groups excluding carboxylic acids is 2. The van der Waals surface area contributed by atoms with Crippen molar-refractivity contribution in [3.8, 4) is 5.75 Å². The Morgan fingerprint density at radius 3 is 2.43 bits per heavy atom. The molecular weight excluding hydrogens is 486 g/mol. The van der Waals surface area contributed by atoms with Crippen molar-refractivity contribution >= 4 is 34.2 Å². The molecule has 2 fully saturated rings. The van der Waals surface area contributed by atoms with Gasteiger partial charge in [0.1, 0.15) is 11.9 Å². The van der Waals surface area contributed by atoms with E-state index in [2.05, 4.69) is 36.2 Å². The first-order valence-corrected chi connectivity index (χ1v) is 13.5. The van der Waals surface area contributed by atoms with Crippen LogP contribution in [0.25, 0.3) is 10.8 Å². The number of amides is 2. The number of rotatable bonds is 6. The number of fused-ring (bicyclic) bond motifs is 1. The zero-order valence-corrected chi connectivity index (χ0v) is 22.1. The minimum atomic E-state index is -0.153. The van der Waals surface area contributed by atoms with Crippen molar-refractivity contribution in [1.82, 2.24) is 14.7 Å². The lowest BCUT2D eigenvalue weighted by Crippen LogP contribution is -2.51. The summed E-state index contributed by atoms with van der Waals surface area (Å²) in [5.41, 5.74) is 1.01. The monoisotopic (exact) mass is 519 g/mol. The molecule has 2 aliphatic rings. The Morgan fingerprint density at radius 1 is 0.865 bits per heavy atom. The Morgan fingerprint density at radius 2 is 1.65 bits per heavy atom. The molecular formula is C30H34ClN3O3. The van der Waals surface area contributed by atoms with Gasteiger partial charge in [0.25, 0.3) is 0 Å². The Bertz CT molecular complexity index is 1260. The molecule has 6 nitrogen and oxygen atoms in total. The van der Waals surface area contributed by atoms with E-state index in [1.165, 1.54) is 5.39 Å². The van der Waals surface area contributed by atoms with Crippen LogP contribution in [0.4, 0.5) is 0 Å². The fraction of sp³-hybridized carbons (Fsp3) is 0.400. The molecule has 5 rings (SSSR count). The molecule has 0 unspecified atom stereocenters. The van der Waals surface area contributed by atoms with Crippen molar-refractivity contribution in [2.75, 3.05) is 46.3 Å². The fourth-order valence-electron chi connectivity index (χ4n) is 5.35. The van der Waals surface area contributed by atoms with Gasteiger partial charge in [0.2, 0.25) is 11.8 Å². The first kappa shape index (κ1) is 25.6. The SMILES string of the molecule is CN1CCN(C(=O)C[C@H]2CN(C(=O)Cc3ccc4ccccc4c3)CC[C@@H]2Oc2cccc(Cl)c2)CC1. The maximum Gasteiger partial charge on any atom is 0.227 e. The van der Waals surface area contributed by atoms with E-state index in [0.717, 1.165) is 37.1 Å². The number of ether oxygens (including phenoxy) is 1. The molecule has 7 heteroatoms. The minimum absolute atomic E-state index is 0.0829. The lowest BCUT2D eigenvalue weighted by atomic mass is 9.90. The Hall–Kier alpha value is -3.09. The van der Waals surface area contributed by atoms with Gasteiger partial charge in [-0.3, -0.25) is 9.59 Å². The molecule has 3 aromatic carbocycles. The summed E-state index contributed by atoms with van der Waals surface area (Å²) in [4.78, 5) is 32.7. The van der Waals surface area contributed by atoms with Gasteiger partial charge in [-0.25, -0.2) is 0 Å². The normalized spacial score (nSPS) is 20.7. The predicted octanol–water partition coefficient (Wildman–Crippen LogP) is 4.50. The molecule has 0 bridgehead atoms. The second-order valence-electron chi connectivity index (χ2n) is 10.2. The van der Waals surface area contributed by atoms with Crippen molar-refractivity contribution in [2.45, 2.75) is 25.4 Å². The zero-order chi connectivity index (χ0) is 25.8. The van der Waals surface area contributed by atoms with Gasteiger partial charge in [-0.1, -0.05) is 60.1 Å². The number of piperazine rings is 1. The average molecular weight is 520 g/mol. The topological polar surface area (TPSA) is 53.1 Å². The van der Waals surface area contributed by atoms with Gasteiger partial charge in [-0.15, -0.1) is 0 Å². The third-order valence-corrected chi connectivity index (χ3v) is 7.80. The Balaban J connectivity index is 1.28. The smallest absolute Gasteiger partial charge is 0.227 e.